The summed E-state index contributed by atoms with van der Waals surface area (Å²) in [5.41, 5.74) is 4.38. The van der Waals surface area contributed by atoms with Crippen LogP contribution in [0.4, 0.5) is 0 Å². The van der Waals surface area contributed by atoms with Crippen LogP contribution in [0.1, 0.15) is 43.7 Å². The fourth-order valence-corrected chi connectivity index (χ4v) is 3.20. The Morgan fingerprint density at radius 2 is 2.07 bits per heavy atom. The highest BCUT2D eigenvalue weighted by Crippen LogP contribution is 2.32. The monoisotopic (exact) mass is 410 g/mol. The molecule has 0 radical (unpaired) electrons. The van der Waals surface area contributed by atoms with Crippen molar-refractivity contribution >= 4 is 24.2 Å². The first kappa shape index (κ1) is 22.7. The largest absolute Gasteiger partial charge is 0.385 e. The number of amidine groups is 1. The normalized spacial score (nSPS) is 18.1. The van der Waals surface area contributed by atoms with Crippen LogP contribution in [0.5, 0.6) is 0 Å². The fourth-order valence-electron chi connectivity index (χ4n) is 2.99. The van der Waals surface area contributed by atoms with Crippen molar-refractivity contribution in [1.29, 1.82) is 0 Å². The number of nitrogens with one attached hydrogen (secondary N) is 1. The van der Waals surface area contributed by atoms with E-state index in [4.69, 9.17) is 11.6 Å². The lowest BCUT2D eigenvalue weighted by molar-refractivity contribution is 0.530. The van der Waals surface area contributed by atoms with Gasteiger partial charge in [-0.1, -0.05) is 55.1 Å². The van der Waals surface area contributed by atoms with Crippen LogP contribution < -0.4 is 5.32 Å². The van der Waals surface area contributed by atoms with Gasteiger partial charge in [0.1, 0.15) is 0 Å². The molecular weight excluding hydrogens is 380 g/mol. The third-order valence-electron chi connectivity index (χ3n) is 4.75. The summed E-state index contributed by atoms with van der Waals surface area (Å²) in [4.78, 5) is 2.22. The molecule has 0 atom stereocenters. The van der Waals surface area contributed by atoms with Crippen molar-refractivity contribution in [2.45, 2.75) is 45.6 Å². The van der Waals surface area contributed by atoms with E-state index in [1.165, 1.54) is 5.57 Å². The van der Waals surface area contributed by atoms with Crippen molar-refractivity contribution in [3.63, 3.8) is 0 Å². The molecular formula is C24H31ClN4. The van der Waals surface area contributed by atoms with Gasteiger partial charge in [-0.2, -0.15) is 5.10 Å². The second-order valence-electron chi connectivity index (χ2n) is 7.15. The third-order valence-corrected chi connectivity index (χ3v) is 5.25. The Hall–Kier alpha value is -2.59. The average molecular weight is 411 g/mol. The van der Waals surface area contributed by atoms with Gasteiger partial charge in [-0.15, -0.1) is 5.10 Å². The topological polar surface area (TPSA) is 40.0 Å². The number of benzene rings is 1. The summed E-state index contributed by atoms with van der Waals surface area (Å²) in [6.07, 6.45) is 12.1. The van der Waals surface area contributed by atoms with Gasteiger partial charge < -0.3 is 10.2 Å². The molecule has 4 nitrogen and oxygen atoms in total. The number of hydrogen-bond donors (Lipinski definition) is 1. The van der Waals surface area contributed by atoms with Crippen LogP contribution in [0.15, 0.2) is 77.3 Å². The molecule has 3 rings (SSSR count). The molecule has 0 spiro atoms. The lowest BCUT2D eigenvalue weighted by atomic mass is 10.0. The average Bonchev–Trinajstić information content (AvgIpc) is 3.55. The van der Waals surface area contributed by atoms with Crippen LogP contribution >= 0.6 is 11.6 Å². The van der Waals surface area contributed by atoms with Gasteiger partial charge in [0.05, 0.1) is 5.02 Å². The molecule has 0 unspecified atom stereocenters. The van der Waals surface area contributed by atoms with Gasteiger partial charge in [-0.3, -0.25) is 0 Å². The summed E-state index contributed by atoms with van der Waals surface area (Å²) in [7, 11) is 0. The lowest BCUT2D eigenvalue weighted by Gasteiger charge is -2.26. The summed E-state index contributed by atoms with van der Waals surface area (Å²) < 4.78 is 0. The van der Waals surface area contributed by atoms with Gasteiger partial charge in [0.25, 0.3) is 0 Å². The molecule has 1 N–H and O–H groups in total. The summed E-state index contributed by atoms with van der Waals surface area (Å²) in [5.74, 6) is 0.776. The number of hydrogen-bond acceptors (Lipinski definition) is 3. The molecule has 0 amide bonds. The molecule has 1 saturated carbocycles. The quantitative estimate of drug-likeness (QED) is 0.279. The van der Waals surface area contributed by atoms with E-state index in [1.807, 2.05) is 44.2 Å². The maximum atomic E-state index is 6.54. The molecule has 29 heavy (non-hydrogen) atoms. The molecule has 154 valence electrons. The molecule has 2 aliphatic rings. The number of nitrogens with zero attached hydrogens (tertiary/aromatic N) is 3. The maximum Gasteiger partial charge on any atom is 0.164 e. The van der Waals surface area contributed by atoms with Crippen LogP contribution in [-0.2, 0) is 0 Å². The standard InChI is InChI=1S/C19H23ClN4.C5H8/c1-13-5-4-6-17(18(13)20)19(23-21-3)24(16-9-10-16)12-15-8-7-14(2)22-11-15;1-3-5-4-2/h4-6,12,16,22H,2-3,7-11H2,1H3;3-5H,1H2,2H3/b15-12-,23-19-;5-4-. The molecule has 2 fully saturated rings. The molecule has 5 heteroatoms. The van der Waals surface area contributed by atoms with Crippen molar-refractivity contribution in [1.82, 2.24) is 10.2 Å². The Morgan fingerprint density at radius 1 is 1.31 bits per heavy atom. The first-order chi connectivity index (χ1) is 14.0. The Bertz CT molecular complexity index is 819. The SMILES string of the molecule is C=C/C=C\C.C=N/N=C(/c1cccc(C)c1Cl)N(/C=C1/CCC(=C)NC1)C1CC1. The van der Waals surface area contributed by atoms with Gasteiger partial charge in [-0.05, 0) is 56.7 Å². The van der Waals surface area contributed by atoms with E-state index in [0.717, 1.165) is 59.9 Å². The Labute approximate surface area is 180 Å². The second-order valence-corrected chi connectivity index (χ2v) is 7.52. The predicted octanol–water partition coefficient (Wildman–Crippen LogP) is 6.00. The molecule has 1 heterocycles. The minimum atomic E-state index is 0.458. The second kappa shape index (κ2) is 11.4. The Balaban J connectivity index is 0.000000537. The third kappa shape index (κ3) is 6.75. The number of allylic oxidation sites excluding steroid dienone is 4. The smallest absolute Gasteiger partial charge is 0.164 e. The van der Waals surface area contributed by atoms with Crippen LogP contribution in [0, 0.1) is 6.92 Å². The molecule has 0 bridgehead atoms. The van der Waals surface area contributed by atoms with Gasteiger partial charge in [0, 0.05) is 36.8 Å². The Kier molecular flexibility index (Phi) is 8.94. The highest BCUT2D eigenvalue weighted by atomic mass is 35.5. The zero-order valence-corrected chi connectivity index (χ0v) is 18.3. The van der Waals surface area contributed by atoms with E-state index >= 15 is 0 Å². The van der Waals surface area contributed by atoms with Crippen molar-refractivity contribution < 1.29 is 0 Å². The Morgan fingerprint density at radius 3 is 2.59 bits per heavy atom. The molecule has 1 aliphatic heterocycles. The van der Waals surface area contributed by atoms with E-state index in [0.29, 0.717) is 6.04 Å². The fraction of sp³-hybridized carbons (Fsp3) is 0.333. The van der Waals surface area contributed by atoms with Crippen LogP contribution in [0.25, 0.3) is 0 Å². The number of piperidine rings is 1. The van der Waals surface area contributed by atoms with Crippen molar-refractivity contribution in [3.05, 3.63) is 83.2 Å². The molecule has 1 aromatic carbocycles. The van der Waals surface area contributed by atoms with Crippen LogP contribution in [0.3, 0.4) is 0 Å². The summed E-state index contributed by atoms with van der Waals surface area (Å²) in [6.45, 7) is 15.8. The highest BCUT2D eigenvalue weighted by molar-refractivity contribution is 6.34. The van der Waals surface area contributed by atoms with E-state index in [1.54, 1.807) is 6.08 Å². The van der Waals surface area contributed by atoms with Crippen molar-refractivity contribution in [2.75, 3.05) is 6.54 Å². The lowest BCUT2D eigenvalue weighted by Crippen LogP contribution is -2.31. The minimum absolute atomic E-state index is 0.458. The zero-order valence-electron chi connectivity index (χ0n) is 17.5. The number of aryl methyl sites for hydroxylation is 1. The van der Waals surface area contributed by atoms with Crippen LogP contribution in [0.2, 0.25) is 5.02 Å². The summed E-state index contributed by atoms with van der Waals surface area (Å²) in [5, 5.41) is 12.2. The van der Waals surface area contributed by atoms with Gasteiger partial charge in [-0.25, -0.2) is 0 Å². The van der Waals surface area contributed by atoms with E-state index in [2.05, 4.69) is 46.5 Å². The van der Waals surface area contributed by atoms with Gasteiger partial charge in [0.2, 0.25) is 0 Å². The number of halogens is 1. The van der Waals surface area contributed by atoms with Crippen molar-refractivity contribution in [2.24, 2.45) is 10.2 Å². The molecule has 0 aromatic heterocycles. The van der Waals surface area contributed by atoms with Gasteiger partial charge >= 0.3 is 0 Å². The zero-order chi connectivity index (χ0) is 21.2. The van der Waals surface area contributed by atoms with E-state index in [-0.39, 0.29) is 0 Å². The van der Waals surface area contributed by atoms with E-state index < -0.39 is 0 Å². The molecule has 1 aliphatic carbocycles. The highest BCUT2D eigenvalue weighted by Gasteiger charge is 2.32. The van der Waals surface area contributed by atoms with Gasteiger partial charge in [0.15, 0.2) is 5.84 Å². The summed E-state index contributed by atoms with van der Waals surface area (Å²) >= 11 is 6.54. The van der Waals surface area contributed by atoms with Crippen LogP contribution in [-0.4, -0.2) is 30.0 Å². The first-order valence-corrected chi connectivity index (χ1v) is 10.3. The molecule has 1 aromatic rings. The van der Waals surface area contributed by atoms with Crippen molar-refractivity contribution in [3.8, 4) is 0 Å². The molecule has 1 saturated heterocycles. The maximum absolute atomic E-state index is 6.54. The van der Waals surface area contributed by atoms with E-state index in [9.17, 15) is 0 Å². The summed E-state index contributed by atoms with van der Waals surface area (Å²) in [6, 6.07) is 6.45. The number of rotatable bonds is 5. The minimum Gasteiger partial charge on any atom is -0.385 e. The predicted molar refractivity (Wildman–Crippen MR) is 127 cm³/mol. The first-order valence-electron chi connectivity index (χ1n) is 9.94.